The van der Waals surface area contributed by atoms with Gasteiger partial charge in [-0.15, -0.1) is 0 Å². The molecule has 0 aliphatic heterocycles. The average Bonchev–Trinajstić information content (AvgIpc) is 2.11. The topological polar surface area (TPSA) is 95.6 Å². The van der Waals surface area contributed by atoms with Gasteiger partial charge in [0.05, 0.1) is 11.5 Å². The first-order valence-electron chi connectivity index (χ1n) is 5.81. The second kappa shape index (κ2) is 5.16. The SMILES string of the molecule is CC(C)C[C@H](NC(=O)C1(N)CCC1)B(O)O. The van der Waals surface area contributed by atoms with Gasteiger partial charge in [-0.1, -0.05) is 13.8 Å². The average molecular weight is 228 g/mol. The molecule has 1 atom stereocenters. The van der Waals surface area contributed by atoms with E-state index in [4.69, 9.17) is 15.8 Å². The maximum atomic E-state index is 11.8. The van der Waals surface area contributed by atoms with Gasteiger partial charge in [-0.3, -0.25) is 4.79 Å². The van der Waals surface area contributed by atoms with Gasteiger partial charge in [0.1, 0.15) is 0 Å². The molecule has 0 bridgehead atoms. The Morgan fingerprint density at radius 1 is 1.50 bits per heavy atom. The van der Waals surface area contributed by atoms with E-state index in [1.807, 2.05) is 13.8 Å². The Bertz CT molecular complexity index is 254. The molecule has 1 aliphatic rings. The van der Waals surface area contributed by atoms with E-state index in [-0.39, 0.29) is 11.8 Å². The molecule has 1 rings (SSSR count). The van der Waals surface area contributed by atoms with E-state index >= 15 is 0 Å². The predicted octanol–water partition coefficient (Wildman–Crippen LogP) is -0.589. The summed E-state index contributed by atoms with van der Waals surface area (Å²) in [5, 5.41) is 21.0. The predicted molar refractivity (Wildman–Crippen MR) is 62.3 cm³/mol. The lowest BCUT2D eigenvalue weighted by Crippen LogP contribution is -2.62. The number of hydrogen-bond acceptors (Lipinski definition) is 4. The van der Waals surface area contributed by atoms with Crippen LogP contribution in [0.1, 0.15) is 39.5 Å². The van der Waals surface area contributed by atoms with Gasteiger partial charge >= 0.3 is 7.12 Å². The Kier molecular flexibility index (Phi) is 4.35. The summed E-state index contributed by atoms with van der Waals surface area (Å²) in [5.41, 5.74) is 5.06. The van der Waals surface area contributed by atoms with Crippen LogP contribution in [0.25, 0.3) is 0 Å². The van der Waals surface area contributed by atoms with Gasteiger partial charge in [-0.2, -0.15) is 0 Å². The number of amides is 1. The Morgan fingerprint density at radius 3 is 2.38 bits per heavy atom. The molecule has 6 heteroatoms. The lowest BCUT2D eigenvalue weighted by Gasteiger charge is -2.37. The number of hydrogen-bond donors (Lipinski definition) is 4. The summed E-state index contributed by atoms with van der Waals surface area (Å²) >= 11 is 0. The summed E-state index contributed by atoms with van der Waals surface area (Å²) in [7, 11) is -1.53. The number of nitrogens with two attached hydrogens (primary N) is 1. The van der Waals surface area contributed by atoms with E-state index in [9.17, 15) is 4.79 Å². The van der Waals surface area contributed by atoms with Crippen LogP contribution in [0, 0.1) is 5.92 Å². The van der Waals surface area contributed by atoms with E-state index in [1.54, 1.807) is 0 Å². The lowest BCUT2D eigenvalue weighted by molar-refractivity contribution is -0.129. The molecule has 0 aromatic carbocycles. The first-order valence-corrected chi connectivity index (χ1v) is 5.81. The van der Waals surface area contributed by atoms with Crippen LogP contribution in [0.15, 0.2) is 0 Å². The maximum absolute atomic E-state index is 11.8. The van der Waals surface area contributed by atoms with Crippen LogP contribution in [0.4, 0.5) is 0 Å². The van der Waals surface area contributed by atoms with Crippen molar-refractivity contribution in [1.29, 1.82) is 0 Å². The molecule has 92 valence electrons. The normalized spacial score (nSPS) is 20.1. The van der Waals surface area contributed by atoms with E-state index < -0.39 is 18.6 Å². The van der Waals surface area contributed by atoms with Gasteiger partial charge < -0.3 is 21.1 Å². The molecule has 5 nitrogen and oxygen atoms in total. The van der Waals surface area contributed by atoms with Crippen LogP contribution in [0.5, 0.6) is 0 Å². The number of carbonyl (C=O) groups is 1. The van der Waals surface area contributed by atoms with Crippen LogP contribution >= 0.6 is 0 Å². The third kappa shape index (κ3) is 3.20. The minimum absolute atomic E-state index is 0.266. The fourth-order valence-corrected chi connectivity index (χ4v) is 1.86. The molecule has 0 radical (unpaired) electrons. The highest BCUT2D eigenvalue weighted by atomic mass is 16.4. The minimum Gasteiger partial charge on any atom is -0.426 e. The quantitative estimate of drug-likeness (QED) is 0.473. The highest BCUT2D eigenvalue weighted by molar-refractivity contribution is 6.43. The van der Waals surface area contributed by atoms with Crippen LogP contribution in [-0.2, 0) is 4.79 Å². The Labute approximate surface area is 96.6 Å². The van der Waals surface area contributed by atoms with Crippen molar-refractivity contribution < 1.29 is 14.8 Å². The maximum Gasteiger partial charge on any atom is 0.475 e. The Hall–Kier alpha value is -0.585. The molecule has 1 aliphatic carbocycles. The largest absolute Gasteiger partial charge is 0.475 e. The summed E-state index contributed by atoms with van der Waals surface area (Å²) in [6.45, 7) is 3.92. The molecule has 0 heterocycles. The van der Waals surface area contributed by atoms with E-state index in [2.05, 4.69) is 5.32 Å². The van der Waals surface area contributed by atoms with Gasteiger partial charge in [-0.25, -0.2) is 0 Å². The van der Waals surface area contributed by atoms with Crippen molar-refractivity contribution in [3.05, 3.63) is 0 Å². The van der Waals surface area contributed by atoms with Crippen molar-refractivity contribution in [1.82, 2.24) is 5.32 Å². The summed E-state index contributed by atoms with van der Waals surface area (Å²) in [4.78, 5) is 11.8. The molecule has 0 saturated heterocycles. The second-order valence-electron chi connectivity index (χ2n) is 5.13. The van der Waals surface area contributed by atoms with Gasteiger partial charge in [0.2, 0.25) is 5.91 Å². The van der Waals surface area contributed by atoms with Crippen molar-refractivity contribution in [3.8, 4) is 0 Å². The van der Waals surface area contributed by atoms with Gasteiger partial charge in [0.15, 0.2) is 0 Å². The van der Waals surface area contributed by atoms with Crippen LogP contribution in [0.3, 0.4) is 0 Å². The Balaban J connectivity index is 2.51. The first-order chi connectivity index (χ1) is 7.35. The van der Waals surface area contributed by atoms with Crippen molar-refractivity contribution >= 4 is 13.0 Å². The van der Waals surface area contributed by atoms with Crippen LogP contribution < -0.4 is 11.1 Å². The smallest absolute Gasteiger partial charge is 0.426 e. The van der Waals surface area contributed by atoms with Crippen molar-refractivity contribution in [2.24, 2.45) is 11.7 Å². The zero-order valence-electron chi connectivity index (χ0n) is 9.94. The summed E-state index contributed by atoms with van der Waals surface area (Å²) < 4.78 is 0. The molecule has 0 aromatic heterocycles. The monoisotopic (exact) mass is 228 g/mol. The van der Waals surface area contributed by atoms with Gasteiger partial charge in [0.25, 0.3) is 0 Å². The van der Waals surface area contributed by atoms with Gasteiger partial charge in [-0.05, 0) is 31.6 Å². The number of rotatable bonds is 5. The summed E-state index contributed by atoms with van der Waals surface area (Å²) in [5.74, 6) is -0.617. The zero-order valence-corrected chi connectivity index (χ0v) is 9.94. The fourth-order valence-electron chi connectivity index (χ4n) is 1.86. The molecule has 1 saturated carbocycles. The lowest BCUT2D eigenvalue weighted by atomic mass is 9.72. The molecule has 0 spiro atoms. The molecule has 1 amide bonds. The zero-order chi connectivity index (χ0) is 12.3. The fraction of sp³-hybridized carbons (Fsp3) is 0.900. The second-order valence-corrected chi connectivity index (χ2v) is 5.13. The number of carbonyl (C=O) groups excluding carboxylic acids is 1. The standard InChI is InChI=1S/C10H21BN2O3/c1-7(2)6-8(11(15)16)13-9(14)10(12)4-3-5-10/h7-8,15-16H,3-6,12H2,1-2H3,(H,13,14)/t8-/m0/s1. The van der Waals surface area contributed by atoms with E-state index in [1.165, 1.54) is 0 Å². The molecule has 0 aromatic rings. The highest BCUT2D eigenvalue weighted by Gasteiger charge is 2.41. The molecule has 1 fully saturated rings. The first kappa shape index (κ1) is 13.5. The van der Waals surface area contributed by atoms with Crippen molar-refractivity contribution in [2.75, 3.05) is 0 Å². The molecule has 16 heavy (non-hydrogen) atoms. The van der Waals surface area contributed by atoms with Crippen molar-refractivity contribution in [3.63, 3.8) is 0 Å². The van der Waals surface area contributed by atoms with Crippen LogP contribution in [-0.4, -0.2) is 34.6 Å². The van der Waals surface area contributed by atoms with Crippen molar-refractivity contribution in [2.45, 2.75) is 51.0 Å². The molecule has 0 unspecified atom stereocenters. The highest BCUT2D eigenvalue weighted by Crippen LogP contribution is 2.29. The summed E-state index contributed by atoms with van der Waals surface area (Å²) in [6.07, 6.45) is 2.84. The third-order valence-electron chi connectivity index (χ3n) is 3.10. The Morgan fingerprint density at radius 2 is 2.06 bits per heavy atom. The molecular formula is C10H21BN2O3. The number of nitrogens with one attached hydrogen (secondary N) is 1. The molecule has 5 N–H and O–H groups in total. The van der Waals surface area contributed by atoms with Gasteiger partial charge in [0, 0.05) is 0 Å². The summed E-state index contributed by atoms with van der Waals surface area (Å²) in [6, 6.07) is 0. The van der Waals surface area contributed by atoms with E-state index in [0.29, 0.717) is 19.3 Å². The minimum atomic E-state index is -1.53. The molecular weight excluding hydrogens is 207 g/mol. The van der Waals surface area contributed by atoms with E-state index in [0.717, 1.165) is 6.42 Å². The van der Waals surface area contributed by atoms with Crippen LogP contribution in [0.2, 0.25) is 0 Å². The third-order valence-corrected chi connectivity index (χ3v) is 3.10.